The van der Waals surface area contributed by atoms with Gasteiger partial charge < -0.3 is 20.4 Å². The zero-order valence-electron chi connectivity index (χ0n) is 11.2. The quantitative estimate of drug-likeness (QED) is 0.680. The van der Waals surface area contributed by atoms with Gasteiger partial charge in [-0.3, -0.25) is 4.79 Å². The standard InChI is InChI=1S/C13H23N3O2/c1-3-12(14)11-5-7-16(9-11)10-13(17)15-6-4-8-18-2/h5,7,9,12H,3-4,6,8,10,14H2,1-2H3,(H,15,17). The van der Waals surface area contributed by atoms with Crippen molar-refractivity contribution in [3.05, 3.63) is 24.0 Å². The lowest BCUT2D eigenvalue weighted by Gasteiger charge is -2.07. The normalized spacial score (nSPS) is 12.4. The Hall–Kier alpha value is -1.33. The number of carbonyl (C=O) groups is 1. The molecule has 5 heteroatoms. The number of methoxy groups -OCH3 is 1. The van der Waals surface area contributed by atoms with Crippen molar-refractivity contribution in [1.82, 2.24) is 9.88 Å². The molecule has 0 aromatic carbocycles. The molecule has 0 aliphatic heterocycles. The molecule has 0 bridgehead atoms. The summed E-state index contributed by atoms with van der Waals surface area (Å²) in [5.41, 5.74) is 7.00. The van der Waals surface area contributed by atoms with E-state index in [2.05, 4.69) is 5.32 Å². The molecule has 18 heavy (non-hydrogen) atoms. The van der Waals surface area contributed by atoms with Crippen molar-refractivity contribution < 1.29 is 9.53 Å². The number of amides is 1. The zero-order chi connectivity index (χ0) is 13.4. The predicted octanol–water partition coefficient (Wildman–Crippen LogP) is 1.05. The summed E-state index contributed by atoms with van der Waals surface area (Å²) in [6, 6.07) is 2.02. The second kappa shape index (κ2) is 7.89. The summed E-state index contributed by atoms with van der Waals surface area (Å²) in [6.07, 6.45) is 5.55. The number of aromatic nitrogens is 1. The Morgan fingerprint density at radius 1 is 1.61 bits per heavy atom. The summed E-state index contributed by atoms with van der Waals surface area (Å²) < 4.78 is 6.77. The predicted molar refractivity (Wildman–Crippen MR) is 71.2 cm³/mol. The van der Waals surface area contributed by atoms with E-state index >= 15 is 0 Å². The third kappa shape index (κ3) is 4.89. The van der Waals surface area contributed by atoms with Gasteiger partial charge in [0.2, 0.25) is 5.91 Å². The Bertz CT molecular complexity index is 363. The van der Waals surface area contributed by atoms with E-state index in [1.807, 2.05) is 30.0 Å². The second-order valence-electron chi connectivity index (χ2n) is 4.33. The molecule has 1 heterocycles. The van der Waals surface area contributed by atoms with Crippen LogP contribution in [0.2, 0.25) is 0 Å². The van der Waals surface area contributed by atoms with Gasteiger partial charge in [0.15, 0.2) is 0 Å². The highest BCUT2D eigenvalue weighted by molar-refractivity contribution is 5.75. The molecular weight excluding hydrogens is 230 g/mol. The molecule has 0 saturated heterocycles. The molecule has 1 amide bonds. The van der Waals surface area contributed by atoms with Gasteiger partial charge in [0.05, 0.1) is 0 Å². The molecule has 0 spiro atoms. The number of rotatable bonds is 8. The van der Waals surface area contributed by atoms with Crippen molar-refractivity contribution in [1.29, 1.82) is 0 Å². The molecule has 0 aliphatic carbocycles. The maximum atomic E-state index is 11.6. The minimum Gasteiger partial charge on any atom is -0.385 e. The summed E-state index contributed by atoms with van der Waals surface area (Å²) in [4.78, 5) is 11.6. The van der Waals surface area contributed by atoms with Crippen LogP contribution in [0.25, 0.3) is 0 Å². The first-order valence-corrected chi connectivity index (χ1v) is 6.34. The molecule has 1 aromatic rings. The summed E-state index contributed by atoms with van der Waals surface area (Å²) in [5.74, 6) is 0.0123. The average Bonchev–Trinajstić information content (AvgIpc) is 2.82. The topological polar surface area (TPSA) is 69.3 Å². The van der Waals surface area contributed by atoms with Gasteiger partial charge in [-0.2, -0.15) is 0 Å². The third-order valence-corrected chi connectivity index (χ3v) is 2.81. The third-order valence-electron chi connectivity index (χ3n) is 2.81. The Kier molecular flexibility index (Phi) is 6.46. The van der Waals surface area contributed by atoms with Crippen LogP contribution in [0.3, 0.4) is 0 Å². The highest BCUT2D eigenvalue weighted by atomic mass is 16.5. The van der Waals surface area contributed by atoms with Crippen LogP contribution in [0, 0.1) is 0 Å². The summed E-state index contributed by atoms with van der Waals surface area (Å²) >= 11 is 0. The van der Waals surface area contributed by atoms with Crippen LogP contribution in [-0.4, -0.2) is 30.7 Å². The number of carbonyl (C=O) groups excluding carboxylic acids is 1. The number of ether oxygens (including phenoxy) is 1. The van der Waals surface area contributed by atoms with Crippen LogP contribution in [0.15, 0.2) is 18.5 Å². The second-order valence-corrected chi connectivity index (χ2v) is 4.33. The monoisotopic (exact) mass is 253 g/mol. The first kappa shape index (κ1) is 14.7. The molecule has 0 saturated carbocycles. The number of nitrogens with one attached hydrogen (secondary N) is 1. The lowest BCUT2D eigenvalue weighted by Crippen LogP contribution is -2.28. The maximum Gasteiger partial charge on any atom is 0.239 e. The fourth-order valence-electron chi connectivity index (χ4n) is 1.68. The van der Waals surface area contributed by atoms with E-state index < -0.39 is 0 Å². The van der Waals surface area contributed by atoms with Crippen molar-refractivity contribution in [2.45, 2.75) is 32.4 Å². The Balaban J connectivity index is 2.33. The zero-order valence-corrected chi connectivity index (χ0v) is 11.2. The van der Waals surface area contributed by atoms with Crippen LogP contribution in [0.1, 0.15) is 31.4 Å². The molecular formula is C13H23N3O2. The maximum absolute atomic E-state index is 11.6. The molecule has 1 atom stereocenters. The lowest BCUT2D eigenvalue weighted by atomic mass is 10.1. The van der Waals surface area contributed by atoms with Gasteiger partial charge >= 0.3 is 0 Å². The number of hydrogen-bond acceptors (Lipinski definition) is 3. The SMILES string of the molecule is CCC(N)c1ccn(CC(=O)NCCCOC)c1. The minimum atomic E-state index is 0.0123. The van der Waals surface area contributed by atoms with E-state index in [1.165, 1.54) is 0 Å². The van der Waals surface area contributed by atoms with Crippen molar-refractivity contribution >= 4 is 5.91 Å². The number of nitrogens with zero attached hydrogens (tertiary/aromatic N) is 1. The van der Waals surface area contributed by atoms with Gasteiger partial charge in [-0.15, -0.1) is 0 Å². The molecule has 0 fully saturated rings. The number of hydrogen-bond donors (Lipinski definition) is 2. The minimum absolute atomic E-state index is 0.0123. The van der Waals surface area contributed by atoms with Crippen LogP contribution in [-0.2, 0) is 16.1 Å². The van der Waals surface area contributed by atoms with E-state index in [1.54, 1.807) is 7.11 Å². The molecule has 102 valence electrons. The van der Waals surface area contributed by atoms with Crippen molar-refractivity contribution in [2.24, 2.45) is 5.73 Å². The molecule has 5 nitrogen and oxygen atoms in total. The van der Waals surface area contributed by atoms with E-state index in [0.29, 0.717) is 19.7 Å². The molecule has 3 N–H and O–H groups in total. The first-order valence-electron chi connectivity index (χ1n) is 6.34. The highest BCUT2D eigenvalue weighted by Crippen LogP contribution is 2.13. The van der Waals surface area contributed by atoms with Gasteiger partial charge in [-0.05, 0) is 24.5 Å². The van der Waals surface area contributed by atoms with Gasteiger partial charge in [-0.1, -0.05) is 6.92 Å². The van der Waals surface area contributed by atoms with E-state index in [-0.39, 0.29) is 11.9 Å². The smallest absolute Gasteiger partial charge is 0.239 e. The Labute approximate surface area is 108 Å². The van der Waals surface area contributed by atoms with Crippen LogP contribution in [0.4, 0.5) is 0 Å². The Morgan fingerprint density at radius 2 is 2.39 bits per heavy atom. The number of nitrogens with two attached hydrogens (primary N) is 1. The molecule has 1 aromatic heterocycles. The van der Waals surface area contributed by atoms with Gasteiger partial charge in [-0.25, -0.2) is 0 Å². The molecule has 0 radical (unpaired) electrons. The van der Waals surface area contributed by atoms with Crippen LogP contribution in [0.5, 0.6) is 0 Å². The largest absolute Gasteiger partial charge is 0.385 e. The average molecular weight is 253 g/mol. The van der Waals surface area contributed by atoms with Crippen molar-refractivity contribution in [2.75, 3.05) is 20.3 Å². The Morgan fingerprint density at radius 3 is 3.06 bits per heavy atom. The highest BCUT2D eigenvalue weighted by Gasteiger charge is 2.07. The lowest BCUT2D eigenvalue weighted by molar-refractivity contribution is -0.121. The summed E-state index contributed by atoms with van der Waals surface area (Å²) in [5, 5.41) is 2.85. The van der Waals surface area contributed by atoms with E-state index in [4.69, 9.17) is 10.5 Å². The fraction of sp³-hybridized carbons (Fsp3) is 0.615. The molecule has 1 rings (SSSR count). The summed E-state index contributed by atoms with van der Waals surface area (Å²) in [6.45, 7) is 3.70. The summed E-state index contributed by atoms with van der Waals surface area (Å²) in [7, 11) is 1.65. The molecule has 0 aliphatic rings. The van der Waals surface area contributed by atoms with E-state index in [9.17, 15) is 4.79 Å². The van der Waals surface area contributed by atoms with Gasteiger partial charge in [0, 0.05) is 38.7 Å². The fourth-order valence-corrected chi connectivity index (χ4v) is 1.68. The van der Waals surface area contributed by atoms with Crippen LogP contribution >= 0.6 is 0 Å². The van der Waals surface area contributed by atoms with E-state index in [0.717, 1.165) is 18.4 Å². The van der Waals surface area contributed by atoms with Crippen molar-refractivity contribution in [3.63, 3.8) is 0 Å². The van der Waals surface area contributed by atoms with Gasteiger partial charge in [0.1, 0.15) is 6.54 Å². The van der Waals surface area contributed by atoms with Crippen LogP contribution < -0.4 is 11.1 Å². The first-order chi connectivity index (χ1) is 8.67. The molecule has 1 unspecified atom stereocenters. The van der Waals surface area contributed by atoms with Crippen molar-refractivity contribution in [3.8, 4) is 0 Å². The van der Waals surface area contributed by atoms with Gasteiger partial charge in [0.25, 0.3) is 0 Å².